The number of alkyl halides is 2. The van der Waals surface area contributed by atoms with Gasteiger partial charge in [0.25, 0.3) is 0 Å². The van der Waals surface area contributed by atoms with E-state index in [1.807, 2.05) is 22.0 Å². The van der Waals surface area contributed by atoms with Crippen LogP contribution in [0.1, 0.15) is 50.2 Å². The summed E-state index contributed by atoms with van der Waals surface area (Å²) in [5.41, 5.74) is 2.53. The van der Waals surface area contributed by atoms with E-state index in [4.69, 9.17) is 4.74 Å². The van der Waals surface area contributed by atoms with Crippen molar-refractivity contribution in [2.45, 2.75) is 45.6 Å². The summed E-state index contributed by atoms with van der Waals surface area (Å²) in [4.78, 5) is 24.9. The van der Waals surface area contributed by atoms with Gasteiger partial charge in [0.2, 0.25) is 5.91 Å². The molecule has 0 N–H and O–H groups in total. The Hall–Kier alpha value is -0.910. The lowest BCUT2D eigenvalue weighted by Crippen LogP contribution is -2.46. The van der Waals surface area contributed by atoms with Gasteiger partial charge in [-0.25, -0.2) is 0 Å². The minimum absolute atomic E-state index is 0.138. The largest absolute Gasteiger partial charge is 0.497 e. The zero-order valence-corrected chi connectivity index (χ0v) is 29.4. The number of carbonyl (C=O) groups is 1. The summed E-state index contributed by atoms with van der Waals surface area (Å²) >= 11 is 4.30. The van der Waals surface area contributed by atoms with E-state index in [2.05, 4.69) is 116 Å². The molecule has 2 atom stereocenters. The molecule has 3 fully saturated rings. The minimum Gasteiger partial charge on any atom is -0.497 e. The van der Waals surface area contributed by atoms with Gasteiger partial charge in [0, 0.05) is 45.2 Å². The molecule has 2 aromatic carbocycles. The van der Waals surface area contributed by atoms with E-state index >= 15 is 0 Å². The molecular weight excluding hydrogens is 724 g/mol. The first-order valence-electron chi connectivity index (χ1n) is 14.6. The number of hydrogen-bond donors (Lipinski definition) is 0. The summed E-state index contributed by atoms with van der Waals surface area (Å²) in [6.45, 7) is 13.0. The third-order valence-electron chi connectivity index (χ3n) is 8.81. The van der Waals surface area contributed by atoms with Crippen LogP contribution < -0.4 is 4.74 Å². The van der Waals surface area contributed by atoms with Gasteiger partial charge in [0.1, 0.15) is 5.75 Å². The molecule has 0 radical (unpaired) electrons. The molecule has 5 nitrogen and oxygen atoms in total. The van der Waals surface area contributed by atoms with Gasteiger partial charge in [-0.15, -0.1) is 0 Å². The first kappa shape index (κ1) is 33.6. The topological polar surface area (TPSA) is 36.0 Å². The number of carbonyl (C=O) groups excluding carboxylic acids is 1. The first-order chi connectivity index (χ1) is 19.5. The Kier molecular flexibility index (Phi) is 14.0. The number of amides is 1. The molecule has 1 amide bonds. The number of halogens is 2. The summed E-state index contributed by atoms with van der Waals surface area (Å²) in [5, 5.41) is 0. The summed E-state index contributed by atoms with van der Waals surface area (Å²) in [7, 11) is 1.69. The molecule has 0 saturated carbocycles. The van der Waals surface area contributed by atoms with Crippen LogP contribution in [-0.2, 0) is 11.3 Å². The standard InChI is InChI=1S/C31H43N3O2.2CH3I/c1-24(2)19-33-22-27(29(23-33)26-7-5-4-6-8-26)21-32-16-13-31(14-17-32)15-18-34(30(31)35)20-25-9-11-28(36-3)12-10-25;2*1-2/h4-12,24,27,29H,13-23H2,1-3H3;2*1H3/t27-,29+;;/m0../s1. The smallest absolute Gasteiger partial charge is 0.229 e. The molecule has 3 aliphatic heterocycles. The fraction of sp³-hybridized carbons (Fsp3) is 0.606. The molecule has 0 bridgehead atoms. The number of methoxy groups -OCH3 is 1. The van der Waals surface area contributed by atoms with Crippen LogP contribution in [0.25, 0.3) is 0 Å². The van der Waals surface area contributed by atoms with Gasteiger partial charge in [0.05, 0.1) is 12.5 Å². The van der Waals surface area contributed by atoms with Crippen LogP contribution >= 0.6 is 45.2 Å². The molecule has 1 spiro atoms. The SMILES string of the molecule is CI.CI.COc1ccc(CN2CCC3(CCN(C[C@H]4CN(CC(C)C)C[C@@H]4c4ccccc4)CC3)C2=O)cc1. The molecule has 222 valence electrons. The Morgan fingerprint density at radius 2 is 1.50 bits per heavy atom. The molecule has 0 aromatic heterocycles. The zero-order valence-electron chi connectivity index (χ0n) is 25.1. The maximum Gasteiger partial charge on any atom is 0.229 e. The highest BCUT2D eigenvalue weighted by Crippen LogP contribution is 2.43. The van der Waals surface area contributed by atoms with Crippen LogP contribution in [0, 0.1) is 17.3 Å². The Morgan fingerprint density at radius 3 is 2.10 bits per heavy atom. The molecule has 3 aliphatic rings. The molecule has 5 rings (SSSR count). The van der Waals surface area contributed by atoms with Crippen molar-refractivity contribution in [3.63, 3.8) is 0 Å². The second-order valence-corrected chi connectivity index (χ2v) is 11.8. The van der Waals surface area contributed by atoms with Crippen molar-refractivity contribution < 1.29 is 9.53 Å². The number of benzene rings is 2. The first-order valence-corrected chi connectivity index (χ1v) is 18.9. The minimum atomic E-state index is -0.138. The second kappa shape index (κ2) is 16.7. The number of piperidine rings is 1. The van der Waals surface area contributed by atoms with Crippen LogP contribution in [0.2, 0.25) is 0 Å². The fourth-order valence-corrected chi connectivity index (χ4v) is 6.84. The van der Waals surface area contributed by atoms with Crippen LogP contribution in [0.4, 0.5) is 0 Å². The maximum atomic E-state index is 13.5. The van der Waals surface area contributed by atoms with Crippen molar-refractivity contribution in [2.75, 3.05) is 62.8 Å². The van der Waals surface area contributed by atoms with Crippen molar-refractivity contribution in [2.24, 2.45) is 17.3 Å². The van der Waals surface area contributed by atoms with Gasteiger partial charge in [-0.3, -0.25) is 4.79 Å². The van der Waals surface area contributed by atoms with Crippen LogP contribution in [-0.4, -0.2) is 83.4 Å². The van der Waals surface area contributed by atoms with Gasteiger partial charge in [-0.2, -0.15) is 0 Å². The normalized spacial score (nSPS) is 22.6. The van der Waals surface area contributed by atoms with Crippen molar-refractivity contribution in [1.29, 1.82) is 0 Å². The number of rotatable bonds is 8. The highest BCUT2D eigenvalue weighted by atomic mass is 127. The summed E-state index contributed by atoms with van der Waals surface area (Å²) in [6, 6.07) is 19.3. The lowest BCUT2D eigenvalue weighted by atomic mass is 9.76. The van der Waals surface area contributed by atoms with Gasteiger partial charge >= 0.3 is 0 Å². The monoisotopic (exact) mass is 773 g/mol. The molecule has 3 heterocycles. The van der Waals surface area contributed by atoms with E-state index in [0.717, 1.165) is 51.2 Å². The predicted octanol–water partition coefficient (Wildman–Crippen LogP) is 6.98. The third-order valence-corrected chi connectivity index (χ3v) is 8.81. The Bertz CT molecular complexity index is 1010. The summed E-state index contributed by atoms with van der Waals surface area (Å²) in [5.74, 6) is 3.20. The van der Waals surface area contributed by atoms with E-state index in [9.17, 15) is 4.79 Å². The highest BCUT2D eigenvalue weighted by Gasteiger charge is 2.48. The van der Waals surface area contributed by atoms with Crippen LogP contribution in [0.3, 0.4) is 0 Å². The van der Waals surface area contributed by atoms with Gasteiger partial charge < -0.3 is 19.4 Å². The van der Waals surface area contributed by atoms with Crippen molar-refractivity contribution in [3.8, 4) is 5.75 Å². The number of ether oxygens (including phenoxy) is 1. The van der Waals surface area contributed by atoms with E-state index in [-0.39, 0.29) is 5.41 Å². The molecular formula is C33H49I2N3O2. The van der Waals surface area contributed by atoms with Crippen molar-refractivity contribution >= 4 is 51.1 Å². The second-order valence-electron chi connectivity index (χ2n) is 11.8. The molecule has 0 aliphatic carbocycles. The number of nitrogens with zero attached hydrogens (tertiary/aromatic N) is 3. The Labute approximate surface area is 270 Å². The zero-order chi connectivity index (χ0) is 29.1. The molecule has 40 heavy (non-hydrogen) atoms. The molecule has 0 unspecified atom stereocenters. The predicted molar refractivity (Wildman–Crippen MR) is 185 cm³/mol. The average molecular weight is 774 g/mol. The summed E-state index contributed by atoms with van der Waals surface area (Å²) < 4.78 is 5.27. The van der Waals surface area contributed by atoms with E-state index in [1.54, 1.807) is 7.11 Å². The highest BCUT2D eigenvalue weighted by molar-refractivity contribution is 14.1. The van der Waals surface area contributed by atoms with Gasteiger partial charge in [-0.05, 0) is 77.3 Å². The van der Waals surface area contributed by atoms with E-state index < -0.39 is 0 Å². The van der Waals surface area contributed by atoms with Gasteiger partial charge in [0.15, 0.2) is 0 Å². The average Bonchev–Trinajstić information content (AvgIpc) is 3.52. The Balaban J connectivity index is 0.00000106. The van der Waals surface area contributed by atoms with Crippen molar-refractivity contribution in [1.82, 2.24) is 14.7 Å². The fourth-order valence-electron chi connectivity index (χ4n) is 6.84. The lowest BCUT2D eigenvalue weighted by molar-refractivity contribution is -0.139. The van der Waals surface area contributed by atoms with Gasteiger partial charge in [-0.1, -0.05) is 101 Å². The van der Waals surface area contributed by atoms with Crippen LogP contribution in [0.5, 0.6) is 5.75 Å². The quantitative estimate of drug-likeness (QED) is 0.215. The van der Waals surface area contributed by atoms with E-state index in [1.165, 1.54) is 30.8 Å². The number of likely N-dealkylation sites (tertiary alicyclic amines) is 3. The van der Waals surface area contributed by atoms with Crippen molar-refractivity contribution in [3.05, 3.63) is 65.7 Å². The Morgan fingerprint density at radius 1 is 0.875 bits per heavy atom. The molecule has 2 aromatic rings. The lowest BCUT2D eigenvalue weighted by Gasteiger charge is -2.39. The molecule has 7 heteroatoms. The van der Waals surface area contributed by atoms with Crippen LogP contribution in [0.15, 0.2) is 54.6 Å². The van der Waals surface area contributed by atoms with E-state index in [0.29, 0.717) is 30.2 Å². The number of hydrogen-bond acceptors (Lipinski definition) is 4. The third kappa shape index (κ3) is 8.57. The molecule has 3 saturated heterocycles. The summed E-state index contributed by atoms with van der Waals surface area (Å²) in [6.07, 6.45) is 3.01. The maximum absolute atomic E-state index is 13.5.